The van der Waals surface area contributed by atoms with Gasteiger partial charge in [-0.2, -0.15) is 0 Å². The van der Waals surface area contributed by atoms with Crippen molar-refractivity contribution in [3.8, 4) is 11.8 Å². The fourth-order valence-electron chi connectivity index (χ4n) is 6.00. The molecule has 180 valence electrons. The van der Waals surface area contributed by atoms with Gasteiger partial charge in [0, 0.05) is 11.8 Å². The van der Waals surface area contributed by atoms with Gasteiger partial charge in [-0.3, -0.25) is 4.79 Å². The first-order valence-corrected chi connectivity index (χ1v) is 13.7. The second-order valence-corrected chi connectivity index (χ2v) is 10.7. The Kier molecular flexibility index (Phi) is 9.78. The zero-order valence-corrected chi connectivity index (χ0v) is 20.0. The van der Waals surface area contributed by atoms with Gasteiger partial charge in [0.15, 0.2) is 0 Å². The third-order valence-corrected chi connectivity index (χ3v) is 8.22. The van der Waals surface area contributed by atoms with Gasteiger partial charge in [-0.1, -0.05) is 50.4 Å². The topological polar surface area (TPSA) is 44.8 Å². The molecule has 0 aromatic rings. The SMILES string of the molecule is O=C(OC1CCC(C#CC2CCC(OCOC3CCCCC3)CC2)CC1)C1CCCCC1. The van der Waals surface area contributed by atoms with E-state index in [1.807, 2.05) is 0 Å². The molecule has 4 rings (SSSR count). The molecule has 0 unspecified atom stereocenters. The molecule has 0 radical (unpaired) electrons. The van der Waals surface area contributed by atoms with Crippen LogP contribution in [0.5, 0.6) is 0 Å². The van der Waals surface area contributed by atoms with Crippen molar-refractivity contribution in [2.24, 2.45) is 17.8 Å². The summed E-state index contributed by atoms with van der Waals surface area (Å²) in [4.78, 5) is 12.4. The van der Waals surface area contributed by atoms with E-state index >= 15 is 0 Å². The van der Waals surface area contributed by atoms with Crippen molar-refractivity contribution in [3.05, 3.63) is 0 Å². The molecule has 0 aromatic carbocycles. The van der Waals surface area contributed by atoms with Crippen LogP contribution in [0.4, 0.5) is 0 Å². The van der Waals surface area contributed by atoms with Gasteiger partial charge in [-0.15, -0.1) is 0 Å². The van der Waals surface area contributed by atoms with Gasteiger partial charge in [0.25, 0.3) is 0 Å². The molecule has 0 heterocycles. The summed E-state index contributed by atoms with van der Waals surface area (Å²) in [5, 5.41) is 0. The Hall–Kier alpha value is -1.05. The van der Waals surface area contributed by atoms with E-state index in [1.165, 1.54) is 51.4 Å². The first-order chi connectivity index (χ1) is 15.8. The largest absolute Gasteiger partial charge is 0.462 e. The van der Waals surface area contributed by atoms with Crippen LogP contribution in [0.15, 0.2) is 0 Å². The van der Waals surface area contributed by atoms with Crippen LogP contribution in [0.25, 0.3) is 0 Å². The van der Waals surface area contributed by atoms with Crippen molar-refractivity contribution >= 4 is 5.97 Å². The Morgan fingerprint density at radius 1 is 0.562 bits per heavy atom. The minimum Gasteiger partial charge on any atom is -0.462 e. The number of rotatable bonds is 6. The molecule has 0 N–H and O–H groups in total. The molecule has 4 fully saturated rings. The summed E-state index contributed by atoms with van der Waals surface area (Å²) in [7, 11) is 0. The van der Waals surface area contributed by atoms with Crippen LogP contribution in [0.1, 0.15) is 116 Å². The van der Waals surface area contributed by atoms with E-state index in [1.54, 1.807) is 0 Å². The molecule has 4 nitrogen and oxygen atoms in total. The first-order valence-electron chi connectivity index (χ1n) is 13.7. The monoisotopic (exact) mass is 444 g/mol. The molecule has 0 aliphatic heterocycles. The number of hydrogen-bond acceptors (Lipinski definition) is 4. The number of carbonyl (C=O) groups is 1. The predicted octanol–water partition coefficient (Wildman–Crippen LogP) is 6.55. The third-order valence-electron chi connectivity index (χ3n) is 8.22. The number of ether oxygens (including phenoxy) is 3. The molecule has 0 saturated heterocycles. The fourth-order valence-corrected chi connectivity index (χ4v) is 6.00. The highest BCUT2D eigenvalue weighted by Gasteiger charge is 2.28. The minimum absolute atomic E-state index is 0.0716. The minimum atomic E-state index is 0.0716. The number of carbonyl (C=O) groups excluding carboxylic acids is 1. The van der Waals surface area contributed by atoms with Crippen LogP contribution in [-0.2, 0) is 19.0 Å². The highest BCUT2D eigenvalue weighted by molar-refractivity contribution is 5.72. The van der Waals surface area contributed by atoms with Crippen molar-refractivity contribution in [1.82, 2.24) is 0 Å². The van der Waals surface area contributed by atoms with Crippen molar-refractivity contribution in [3.63, 3.8) is 0 Å². The van der Waals surface area contributed by atoms with Crippen LogP contribution in [0, 0.1) is 29.6 Å². The van der Waals surface area contributed by atoms with Crippen molar-refractivity contribution in [2.45, 2.75) is 134 Å². The Morgan fingerprint density at radius 3 is 1.59 bits per heavy atom. The number of hydrogen-bond donors (Lipinski definition) is 0. The van der Waals surface area contributed by atoms with Crippen LogP contribution < -0.4 is 0 Å². The van der Waals surface area contributed by atoms with E-state index in [-0.39, 0.29) is 18.0 Å². The van der Waals surface area contributed by atoms with Crippen molar-refractivity contribution in [1.29, 1.82) is 0 Å². The number of esters is 1. The Morgan fingerprint density at radius 2 is 1.03 bits per heavy atom. The molecule has 0 spiro atoms. The molecule has 0 aromatic heterocycles. The average Bonchev–Trinajstić information content (AvgIpc) is 2.85. The molecular weight excluding hydrogens is 400 g/mol. The summed E-state index contributed by atoms with van der Waals surface area (Å²) in [6.45, 7) is 0.472. The summed E-state index contributed by atoms with van der Waals surface area (Å²) in [6.07, 6.45) is 21.6. The van der Waals surface area contributed by atoms with E-state index in [0.717, 1.165) is 64.2 Å². The van der Waals surface area contributed by atoms with Gasteiger partial charge < -0.3 is 14.2 Å². The van der Waals surface area contributed by atoms with Crippen molar-refractivity contribution in [2.75, 3.05) is 6.79 Å². The van der Waals surface area contributed by atoms with Gasteiger partial charge in [0.1, 0.15) is 12.9 Å². The summed E-state index contributed by atoms with van der Waals surface area (Å²) < 4.78 is 17.8. The zero-order chi connectivity index (χ0) is 22.0. The van der Waals surface area contributed by atoms with Gasteiger partial charge >= 0.3 is 5.97 Å². The van der Waals surface area contributed by atoms with Crippen LogP contribution >= 0.6 is 0 Å². The summed E-state index contributed by atoms with van der Waals surface area (Å²) >= 11 is 0. The van der Waals surface area contributed by atoms with Crippen LogP contribution in [0.3, 0.4) is 0 Å². The summed E-state index contributed by atoms with van der Waals surface area (Å²) in [5.74, 6) is 8.40. The Labute approximate surface area is 195 Å². The third kappa shape index (κ3) is 7.77. The van der Waals surface area contributed by atoms with Gasteiger partial charge in [0.2, 0.25) is 0 Å². The molecular formula is C28H44O4. The van der Waals surface area contributed by atoms with Gasteiger partial charge in [0.05, 0.1) is 18.1 Å². The van der Waals surface area contributed by atoms with Crippen LogP contribution in [0.2, 0.25) is 0 Å². The maximum atomic E-state index is 12.4. The lowest BCUT2D eigenvalue weighted by atomic mass is 9.84. The van der Waals surface area contributed by atoms with E-state index in [0.29, 0.717) is 30.8 Å². The summed E-state index contributed by atoms with van der Waals surface area (Å²) in [6, 6.07) is 0. The van der Waals surface area contributed by atoms with E-state index in [9.17, 15) is 4.79 Å². The Balaban J connectivity index is 1.07. The lowest BCUT2D eigenvalue weighted by Crippen LogP contribution is -2.28. The second-order valence-electron chi connectivity index (χ2n) is 10.7. The van der Waals surface area contributed by atoms with E-state index in [4.69, 9.17) is 14.2 Å². The maximum Gasteiger partial charge on any atom is 0.309 e. The normalized spacial score (nSPS) is 32.6. The van der Waals surface area contributed by atoms with Crippen LogP contribution in [-0.4, -0.2) is 31.1 Å². The van der Waals surface area contributed by atoms with E-state index < -0.39 is 0 Å². The maximum absolute atomic E-state index is 12.4. The average molecular weight is 445 g/mol. The highest BCUT2D eigenvalue weighted by Crippen LogP contribution is 2.31. The standard InChI is InChI=1S/C28H44O4/c29-28(24-7-3-1-4-8-24)32-27-19-15-23(16-20-27)12-11-22-13-17-26(18-14-22)31-21-30-25-9-5-2-6-10-25/h22-27H,1-10,13-21H2. The van der Waals surface area contributed by atoms with Crippen molar-refractivity contribution < 1.29 is 19.0 Å². The molecule has 4 aliphatic rings. The lowest BCUT2D eigenvalue weighted by Gasteiger charge is -2.29. The second kappa shape index (κ2) is 13.0. The molecule has 4 aliphatic carbocycles. The highest BCUT2D eigenvalue weighted by atomic mass is 16.7. The predicted molar refractivity (Wildman–Crippen MR) is 126 cm³/mol. The molecule has 0 bridgehead atoms. The molecule has 0 amide bonds. The fraction of sp³-hybridized carbons (Fsp3) is 0.893. The van der Waals surface area contributed by atoms with Gasteiger partial charge in [-0.25, -0.2) is 0 Å². The molecule has 4 saturated carbocycles. The molecule has 32 heavy (non-hydrogen) atoms. The van der Waals surface area contributed by atoms with Gasteiger partial charge in [-0.05, 0) is 77.0 Å². The molecule has 0 atom stereocenters. The zero-order valence-electron chi connectivity index (χ0n) is 20.0. The Bertz CT molecular complexity index is 607. The quantitative estimate of drug-likeness (QED) is 0.264. The van der Waals surface area contributed by atoms with E-state index in [2.05, 4.69) is 11.8 Å². The molecule has 4 heteroatoms. The summed E-state index contributed by atoms with van der Waals surface area (Å²) in [5.41, 5.74) is 0. The first kappa shape index (κ1) is 24.1. The smallest absolute Gasteiger partial charge is 0.309 e. The lowest BCUT2D eigenvalue weighted by molar-refractivity contribution is -0.156.